The van der Waals surface area contributed by atoms with Crippen molar-refractivity contribution in [2.75, 3.05) is 6.26 Å². The molecule has 0 bridgehead atoms. The molecule has 0 heterocycles. The van der Waals surface area contributed by atoms with Crippen molar-refractivity contribution in [1.29, 1.82) is 0 Å². The monoisotopic (exact) mass is 197 g/mol. The standard InChI is InChI=1S/C10H12O2S/c1-8(11)12-7-9-3-5-10(13-2)6-4-9/h3-6H,7H2,1-2H3/i1D. The van der Waals surface area contributed by atoms with Crippen LogP contribution in [0.3, 0.4) is 0 Å². The molecule has 1 rings (SSSR count). The van der Waals surface area contributed by atoms with Gasteiger partial charge in [0.2, 0.25) is 0 Å². The lowest BCUT2D eigenvalue weighted by molar-refractivity contribution is -0.142. The minimum Gasteiger partial charge on any atom is -0.461 e. The van der Waals surface area contributed by atoms with Gasteiger partial charge in [0.05, 0.1) is 0 Å². The van der Waals surface area contributed by atoms with Gasteiger partial charge in [-0.25, -0.2) is 0 Å². The summed E-state index contributed by atoms with van der Waals surface area (Å²) >= 11 is 1.67. The maximum atomic E-state index is 10.7. The summed E-state index contributed by atoms with van der Waals surface area (Å²) in [5.41, 5.74) is 0.949. The Kier molecular flexibility index (Phi) is 3.27. The number of esters is 1. The van der Waals surface area contributed by atoms with E-state index in [2.05, 4.69) is 0 Å². The van der Waals surface area contributed by atoms with Gasteiger partial charge in [0.15, 0.2) is 0 Å². The molecule has 0 saturated carbocycles. The highest BCUT2D eigenvalue weighted by Crippen LogP contribution is 2.15. The molecule has 0 spiro atoms. The first-order valence-corrected chi connectivity index (χ1v) is 5.06. The number of hydrogen-bond donors (Lipinski definition) is 0. The number of benzene rings is 1. The van der Waals surface area contributed by atoms with Gasteiger partial charge in [0, 0.05) is 13.2 Å². The average molecular weight is 197 g/mol. The predicted molar refractivity (Wildman–Crippen MR) is 53.7 cm³/mol. The lowest BCUT2D eigenvalue weighted by atomic mass is 10.2. The van der Waals surface area contributed by atoms with Crippen LogP contribution in [0, 0.1) is 0 Å². The average Bonchev–Trinajstić information content (AvgIpc) is 2.26. The molecule has 0 aliphatic carbocycles. The fourth-order valence-electron chi connectivity index (χ4n) is 0.886. The molecule has 0 aliphatic heterocycles. The minimum atomic E-state index is -0.487. The van der Waals surface area contributed by atoms with Gasteiger partial charge >= 0.3 is 5.97 Å². The van der Waals surface area contributed by atoms with E-state index in [0.29, 0.717) is 0 Å². The summed E-state index contributed by atoms with van der Waals surface area (Å²) in [7, 11) is 0. The minimum absolute atomic E-state index is 0.256. The van der Waals surface area contributed by atoms with Crippen LogP contribution in [0.25, 0.3) is 0 Å². The van der Waals surface area contributed by atoms with Crippen molar-refractivity contribution in [2.24, 2.45) is 0 Å². The second kappa shape index (κ2) is 4.92. The molecule has 0 aliphatic rings. The Labute approximate surface area is 83.7 Å². The van der Waals surface area contributed by atoms with Crippen LogP contribution in [0.4, 0.5) is 0 Å². The molecule has 0 amide bonds. The summed E-state index contributed by atoms with van der Waals surface area (Å²) in [6.07, 6.45) is 2.01. The van der Waals surface area contributed by atoms with Crippen molar-refractivity contribution in [3.63, 3.8) is 0 Å². The normalized spacial score (nSPS) is 10.7. The van der Waals surface area contributed by atoms with Crippen LogP contribution < -0.4 is 0 Å². The molecule has 0 saturated heterocycles. The van der Waals surface area contributed by atoms with E-state index in [4.69, 9.17) is 6.11 Å². The summed E-state index contributed by atoms with van der Waals surface area (Å²) in [6.45, 7) is -0.0602. The lowest BCUT2D eigenvalue weighted by Gasteiger charge is -2.02. The first-order valence-electron chi connectivity index (χ1n) is 4.54. The van der Waals surface area contributed by atoms with Crippen molar-refractivity contribution in [2.45, 2.75) is 18.4 Å². The third-order valence-electron chi connectivity index (χ3n) is 1.56. The van der Waals surface area contributed by atoms with E-state index in [1.807, 2.05) is 30.5 Å². The zero-order chi connectivity index (χ0) is 10.4. The van der Waals surface area contributed by atoms with Crippen molar-refractivity contribution < 1.29 is 10.9 Å². The summed E-state index contributed by atoms with van der Waals surface area (Å²) < 4.78 is 11.6. The highest BCUT2D eigenvalue weighted by atomic mass is 32.2. The Hall–Kier alpha value is -0.960. The molecule has 3 heteroatoms. The Bertz CT molecular complexity index is 297. The van der Waals surface area contributed by atoms with Gasteiger partial charge in [-0.2, -0.15) is 0 Å². The van der Waals surface area contributed by atoms with E-state index in [9.17, 15) is 4.79 Å². The number of rotatable bonds is 3. The van der Waals surface area contributed by atoms with E-state index in [0.717, 1.165) is 5.56 Å². The van der Waals surface area contributed by atoms with E-state index >= 15 is 0 Å². The molecule has 1 aromatic carbocycles. The number of hydrogen-bond acceptors (Lipinski definition) is 3. The molecule has 70 valence electrons. The fourth-order valence-corrected chi connectivity index (χ4v) is 1.29. The third-order valence-corrected chi connectivity index (χ3v) is 2.30. The van der Waals surface area contributed by atoms with E-state index in [-0.39, 0.29) is 13.5 Å². The van der Waals surface area contributed by atoms with E-state index in [1.54, 1.807) is 11.8 Å². The first kappa shape index (κ1) is 8.63. The van der Waals surface area contributed by atoms with Crippen molar-refractivity contribution >= 4 is 17.7 Å². The lowest BCUT2D eigenvalue weighted by Crippen LogP contribution is -1.98. The molecule has 0 aromatic heterocycles. The summed E-state index contributed by atoms with van der Waals surface area (Å²) in [5, 5.41) is 0. The van der Waals surface area contributed by atoms with Crippen LogP contribution in [0.5, 0.6) is 0 Å². The number of carbonyl (C=O) groups excluding carboxylic acids is 1. The predicted octanol–water partition coefficient (Wildman–Crippen LogP) is 2.47. The largest absolute Gasteiger partial charge is 0.461 e. The Balaban J connectivity index is 2.47. The van der Waals surface area contributed by atoms with Gasteiger partial charge in [-0.05, 0) is 24.0 Å². The molecule has 0 fully saturated rings. The van der Waals surface area contributed by atoms with Gasteiger partial charge in [-0.15, -0.1) is 11.8 Å². The molecular formula is C10H12O2S. The molecule has 0 atom stereocenters. The van der Waals surface area contributed by atoms with Crippen LogP contribution in [-0.4, -0.2) is 12.2 Å². The van der Waals surface area contributed by atoms with Gasteiger partial charge < -0.3 is 4.74 Å². The number of carbonyl (C=O) groups is 1. The van der Waals surface area contributed by atoms with Gasteiger partial charge in [0.1, 0.15) is 6.61 Å². The molecule has 2 nitrogen and oxygen atoms in total. The van der Waals surface area contributed by atoms with Gasteiger partial charge in [0.25, 0.3) is 0 Å². The molecule has 0 radical (unpaired) electrons. The van der Waals surface area contributed by atoms with Crippen LogP contribution in [0.2, 0.25) is 0 Å². The summed E-state index contributed by atoms with van der Waals surface area (Å²) in [6, 6.07) is 7.80. The number of thioether (sulfide) groups is 1. The second-order valence-corrected chi connectivity index (χ2v) is 3.39. The van der Waals surface area contributed by atoms with Crippen molar-refractivity contribution in [1.82, 2.24) is 0 Å². The zero-order valence-electron chi connectivity index (χ0n) is 8.45. The van der Waals surface area contributed by atoms with Crippen LogP contribution in [0.15, 0.2) is 29.2 Å². The zero-order valence-corrected chi connectivity index (χ0v) is 8.26. The summed E-state index contributed by atoms with van der Waals surface area (Å²) in [5.74, 6) is -0.487. The highest BCUT2D eigenvalue weighted by Gasteiger charge is 1.96. The topological polar surface area (TPSA) is 26.3 Å². The Morgan fingerprint density at radius 1 is 1.54 bits per heavy atom. The van der Waals surface area contributed by atoms with Crippen molar-refractivity contribution in [3.05, 3.63) is 29.8 Å². The Morgan fingerprint density at radius 2 is 2.23 bits per heavy atom. The maximum absolute atomic E-state index is 10.7. The third kappa shape index (κ3) is 3.51. The van der Waals surface area contributed by atoms with Crippen LogP contribution in [-0.2, 0) is 16.1 Å². The number of ether oxygens (including phenoxy) is 1. The molecular weight excluding hydrogens is 184 g/mol. The quantitative estimate of drug-likeness (QED) is 0.550. The molecule has 1 aromatic rings. The molecule has 0 N–H and O–H groups in total. The van der Waals surface area contributed by atoms with Crippen LogP contribution in [0.1, 0.15) is 13.8 Å². The highest BCUT2D eigenvalue weighted by molar-refractivity contribution is 7.98. The Morgan fingerprint density at radius 3 is 2.77 bits per heavy atom. The van der Waals surface area contributed by atoms with Gasteiger partial charge in [-0.3, -0.25) is 4.79 Å². The van der Waals surface area contributed by atoms with Crippen molar-refractivity contribution in [3.8, 4) is 0 Å². The smallest absolute Gasteiger partial charge is 0.302 e. The maximum Gasteiger partial charge on any atom is 0.302 e. The van der Waals surface area contributed by atoms with Gasteiger partial charge in [-0.1, -0.05) is 12.1 Å². The van der Waals surface area contributed by atoms with E-state index in [1.165, 1.54) is 4.90 Å². The second-order valence-electron chi connectivity index (χ2n) is 2.51. The van der Waals surface area contributed by atoms with E-state index < -0.39 is 5.97 Å². The molecule has 0 unspecified atom stereocenters. The van der Waals surface area contributed by atoms with Crippen LogP contribution >= 0.6 is 11.8 Å². The molecule has 13 heavy (non-hydrogen) atoms. The summed E-state index contributed by atoms with van der Waals surface area (Å²) in [4.78, 5) is 11.9. The first-order chi connectivity index (χ1) is 6.76. The SMILES string of the molecule is [2H]CC(=O)OCc1ccc(SC)cc1. The fraction of sp³-hybridized carbons (Fsp3) is 0.300.